The van der Waals surface area contributed by atoms with E-state index in [1.165, 1.54) is 0 Å². The molecule has 0 aliphatic heterocycles. The van der Waals surface area contributed by atoms with Gasteiger partial charge in [-0.15, -0.1) is 5.10 Å². The molecule has 0 unspecified atom stereocenters. The van der Waals surface area contributed by atoms with Gasteiger partial charge in [0.25, 0.3) is 0 Å². The summed E-state index contributed by atoms with van der Waals surface area (Å²) in [5.74, 6) is 0.619. The fourth-order valence-corrected chi connectivity index (χ4v) is 1.67. The lowest BCUT2D eigenvalue weighted by molar-refractivity contribution is 0.941. The van der Waals surface area contributed by atoms with Crippen molar-refractivity contribution < 1.29 is 0 Å². The largest absolute Gasteiger partial charge is 0.347 e. The minimum Gasteiger partial charge on any atom is -0.347 e. The van der Waals surface area contributed by atoms with E-state index < -0.39 is 0 Å². The molecule has 0 radical (unpaired) electrons. The number of hydrogen-bond acceptors (Lipinski definition) is 4. The zero-order valence-corrected chi connectivity index (χ0v) is 9.38. The van der Waals surface area contributed by atoms with Crippen molar-refractivity contribution in [3.05, 3.63) is 42.1 Å². The number of aromatic nitrogens is 5. The summed E-state index contributed by atoms with van der Waals surface area (Å²) < 4.78 is 1.77. The van der Waals surface area contributed by atoms with Crippen LogP contribution in [0, 0.1) is 6.92 Å². The highest BCUT2D eigenvalue weighted by Crippen LogP contribution is 2.10. The first-order chi connectivity index (χ1) is 8.33. The first-order valence-electron chi connectivity index (χ1n) is 5.36. The van der Waals surface area contributed by atoms with Crippen molar-refractivity contribution in [2.75, 3.05) is 5.32 Å². The lowest BCUT2D eigenvalue weighted by Crippen LogP contribution is -2.01. The summed E-state index contributed by atoms with van der Waals surface area (Å²) >= 11 is 0. The average molecular weight is 228 g/mol. The molecule has 3 aromatic rings. The molecule has 3 rings (SSSR count). The molecule has 0 aromatic carbocycles. The summed E-state index contributed by atoms with van der Waals surface area (Å²) in [4.78, 5) is 11.4. The highest BCUT2D eigenvalue weighted by Gasteiger charge is 2.04. The number of nitrogens with one attached hydrogen (secondary N) is 2. The molecule has 17 heavy (non-hydrogen) atoms. The fraction of sp³-hybridized carbons (Fsp3) is 0.182. The van der Waals surface area contributed by atoms with E-state index in [1.54, 1.807) is 17.0 Å². The van der Waals surface area contributed by atoms with Crippen LogP contribution in [-0.2, 0) is 6.54 Å². The van der Waals surface area contributed by atoms with Crippen molar-refractivity contribution in [3.63, 3.8) is 0 Å². The van der Waals surface area contributed by atoms with E-state index in [0.717, 1.165) is 16.9 Å². The SMILES string of the molecule is Cc1cccn2nc(NCc3cnc[nH]3)nc12. The highest BCUT2D eigenvalue weighted by molar-refractivity contribution is 5.49. The number of anilines is 1. The molecule has 86 valence electrons. The number of pyridine rings is 1. The van der Waals surface area contributed by atoms with Crippen LogP contribution < -0.4 is 5.32 Å². The van der Waals surface area contributed by atoms with E-state index in [4.69, 9.17) is 0 Å². The van der Waals surface area contributed by atoms with Crippen LogP contribution in [0.3, 0.4) is 0 Å². The van der Waals surface area contributed by atoms with Crippen LogP contribution in [0.25, 0.3) is 5.65 Å². The van der Waals surface area contributed by atoms with Gasteiger partial charge in [-0.1, -0.05) is 6.07 Å². The zero-order valence-electron chi connectivity index (χ0n) is 9.38. The van der Waals surface area contributed by atoms with Crippen LogP contribution in [-0.4, -0.2) is 24.6 Å². The molecular formula is C11H12N6. The molecule has 0 aliphatic carbocycles. The van der Waals surface area contributed by atoms with Crippen molar-refractivity contribution >= 4 is 11.6 Å². The number of nitrogens with zero attached hydrogens (tertiary/aromatic N) is 4. The molecule has 0 amide bonds. The quantitative estimate of drug-likeness (QED) is 0.710. The molecule has 3 heterocycles. The Kier molecular flexibility index (Phi) is 2.25. The predicted octanol–water partition coefficient (Wildman–Crippen LogP) is 1.37. The minimum atomic E-state index is 0.619. The van der Waals surface area contributed by atoms with Gasteiger partial charge in [-0.3, -0.25) is 0 Å². The summed E-state index contributed by atoms with van der Waals surface area (Å²) in [5.41, 5.74) is 2.98. The monoisotopic (exact) mass is 228 g/mol. The van der Waals surface area contributed by atoms with Crippen LogP contribution in [0.15, 0.2) is 30.9 Å². The van der Waals surface area contributed by atoms with E-state index in [1.807, 2.05) is 25.3 Å². The van der Waals surface area contributed by atoms with Crippen molar-refractivity contribution in [1.82, 2.24) is 24.6 Å². The number of aryl methyl sites for hydroxylation is 1. The van der Waals surface area contributed by atoms with Gasteiger partial charge in [0.1, 0.15) is 0 Å². The molecule has 0 atom stereocenters. The highest BCUT2D eigenvalue weighted by atomic mass is 15.3. The van der Waals surface area contributed by atoms with Gasteiger partial charge < -0.3 is 10.3 Å². The van der Waals surface area contributed by atoms with Crippen LogP contribution in [0.2, 0.25) is 0 Å². The van der Waals surface area contributed by atoms with E-state index in [-0.39, 0.29) is 0 Å². The lowest BCUT2D eigenvalue weighted by atomic mass is 10.3. The van der Waals surface area contributed by atoms with Crippen LogP contribution in [0.1, 0.15) is 11.3 Å². The second kappa shape index (κ2) is 3.89. The lowest BCUT2D eigenvalue weighted by Gasteiger charge is -1.96. The van der Waals surface area contributed by atoms with Gasteiger partial charge in [-0.2, -0.15) is 4.98 Å². The first-order valence-corrected chi connectivity index (χ1v) is 5.36. The molecule has 0 saturated heterocycles. The minimum absolute atomic E-state index is 0.619. The summed E-state index contributed by atoms with van der Waals surface area (Å²) in [6, 6.07) is 3.97. The number of H-pyrrole nitrogens is 1. The Bertz CT molecular complexity index is 625. The zero-order chi connectivity index (χ0) is 11.7. The van der Waals surface area contributed by atoms with Gasteiger partial charge >= 0.3 is 0 Å². The van der Waals surface area contributed by atoms with Crippen molar-refractivity contribution in [2.45, 2.75) is 13.5 Å². The maximum Gasteiger partial charge on any atom is 0.243 e. The molecule has 6 heteroatoms. The molecule has 3 aromatic heterocycles. The van der Waals surface area contributed by atoms with Crippen LogP contribution in [0.4, 0.5) is 5.95 Å². The Labute approximate surface area is 97.7 Å². The third-order valence-electron chi connectivity index (χ3n) is 2.55. The Balaban J connectivity index is 1.84. The van der Waals surface area contributed by atoms with E-state index in [9.17, 15) is 0 Å². The number of imidazole rings is 1. The third-order valence-corrected chi connectivity index (χ3v) is 2.55. The average Bonchev–Trinajstić information content (AvgIpc) is 2.95. The molecular weight excluding hydrogens is 216 g/mol. The standard InChI is InChI=1S/C11H12N6/c1-8-3-2-4-17-10(8)15-11(16-17)13-6-9-5-12-7-14-9/h2-5,7H,6H2,1H3,(H,12,14)(H,13,16). The first kappa shape index (κ1) is 9.83. The molecule has 0 saturated carbocycles. The fourth-order valence-electron chi connectivity index (χ4n) is 1.67. The summed E-state index contributed by atoms with van der Waals surface area (Å²) in [7, 11) is 0. The Morgan fingerprint density at radius 3 is 3.18 bits per heavy atom. The summed E-state index contributed by atoms with van der Waals surface area (Å²) in [6.45, 7) is 2.65. The van der Waals surface area contributed by atoms with E-state index >= 15 is 0 Å². The van der Waals surface area contributed by atoms with E-state index in [2.05, 4.69) is 25.4 Å². The number of rotatable bonds is 3. The molecule has 0 spiro atoms. The number of hydrogen-bond donors (Lipinski definition) is 2. The van der Waals surface area contributed by atoms with Crippen molar-refractivity contribution in [1.29, 1.82) is 0 Å². The maximum atomic E-state index is 4.42. The number of aromatic amines is 1. The van der Waals surface area contributed by atoms with Gasteiger partial charge in [0, 0.05) is 12.4 Å². The Morgan fingerprint density at radius 2 is 2.41 bits per heavy atom. The molecule has 6 nitrogen and oxygen atoms in total. The van der Waals surface area contributed by atoms with Gasteiger partial charge in [0.05, 0.1) is 18.6 Å². The third kappa shape index (κ3) is 1.84. The normalized spacial score (nSPS) is 10.9. The van der Waals surface area contributed by atoms with Crippen molar-refractivity contribution in [2.24, 2.45) is 0 Å². The van der Waals surface area contributed by atoms with Gasteiger partial charge in [0.2, 0.25) is 5.95 Å². The smallest absolute Gasteiger partial charge is 0.243 e. The Morgan fingerprint density at radius 1 is 1.47 bits per heavy atom. The molecule has 0 bridgehead atoms. The summed E-state index contributed by atoms with van der Waals surface area (Å²) in [6.07, 6.45) is 5.31. The molecule has 0 aliphatic rings. The second-order valence-corrected chi connectivity index (χ2v) is 3.83. The predicted molar refractivity (Wildman–Crippen MR) is 63.6 cm³/mol. The Hall–Kier alpha value is -2.37. The molecule has 0 fully saturated rings. The summed E-state index contributed by atoms with van der Waals surface area (Å²) in [5, 5.41) is 7.48. The molecule has 2 N–H and O–H groups in total. The topological polar surface area (TPSA) is 70.9 Å². The van der Waals surface area contributed by atoms with Gasteiger partial charge in [-0.05, 0) is 18.6 Å². The maximum absolute atomic E-state index is 4.42. The van der Waals surface area contributed by atoms with Crippen LogP contribution >= 0.6 is 0 Å². The second-order valence-electron chi connectivity index (χ2n) is 3.83. The van der Waals surface area contributed by atoms with Gasteiger partial charge in [0.15, 0.2) is 5.65 Å². The van der Waals surface area contributed by atoms with Crippen molar-refractivity contribution in [3.8, 4) is 0 Å². The van der Waals surface area contributed by atoms with Crippen LogP contribution in [0.5, 0.6) is 0 Å². The van der Waals surface area contributed by atoms with E-state index in [0.29, 0.717) is 12.5 Å². The number of fused-ring (bicyclic) bond motifs is 1. The van der Waals surface area contributed by atoms with Gasteiger partial charge in [-0.25, -0.2) is 9.50 Å².